The van der Waals surface area contributed by atoms with Gasteiger partial charge in [-0.25, -0.2) is 14.4 Å². The Morgan fingerprint density at radius 1 is 0.932 bits per heavy atom. The lowest BCUT2D eigenvalue weighted by molar-refractivity contribution is -0.387. The summed E-state index contributed by atoms with van der Waals surface area (Å²) < 4.78 is 27.1. The standard InChI is InChI=1S/C19H28N4O6.C8H7FN2O4/c1-19(2,3)29-18(25)22-10-6-5-7-14(22)12-20-15-9-8-13(21-17(24)28-4)11-16(15)23(26)27;1-15-8(12)10-5-2-3-6(9)7(4-5)11(13)14/h8-9,11,14,20H,5-7,10,12H2,1-4H3,(H,21,24);2-4H,1H3,(H,10,12). The van der Waals surface area contributed by atoms with Gasteiger partial charge in [0, 0.05) is 25.2 Å². The lowest BCUT2D eigenvalue weighted by Crippen LogP contribution is -2.48. The number of nitro groups is 2. The second kappa shape index (κ2) is 15.9. The summed E-state index contributed by atoms with van der Waals surface area (Å²) in [6, 6.07) is 7.18. The Bertz CT molecular complexity index is 1370. The highest BCUT2D eigenvalue weighted by Crippen LogP contribution is 2.29. The van der Waals surface area contributed by atoms with E-state index in [1.807, 2.05) is 20.8 Å². The zero-order valence-corrected chi connectivity index (χ0v) is 24.9. The number of piperidine rings is 1. The third-order valence-electron chi connectivity index (χ3n) is 5.98. The van der Waals surface area contributed by atoms with Crippen molar-refractivity contribution in [3.05, 3.63) is 62.4 Å². The number of amides is 3. The van der Waals surface area contributed by atoms with Gasteiger partial charge in [0.15, 0.2) is 0 Å². The summed E-state index contributed by atoms with van der Waals surface area (Å²) in [4.78, 5) is 56.6. The second-order valence-corrected chi connectivity index (χ2v) is 10.3. The van der Waals surface area contributed by atoms with Crippen molar-refractivity contribution in [2.24, 2.45) is 0 Å². The van der Waals surface area contributed by atoms with Gasteiger partial charge < -0.3 is 24.4 Å². The first kappa shape index (κ1) is 35.0. The van der Waals surface area contributed by atoms with Crippen LogP contribution in [-0.4, -0.2) is 72.0 Å². The third-order valence-corrected chi connectivity index (χ3v) is 5.98. The summed E-state index contributed by atoms with van der Waals surface area (Å²) in [5.41, 5.74) is -0.826. The Labute approximate surface area is 252 Å². The summed E-state index contributed by atoms with van der Waals surface area (Å²) in [5.74, 6) is -0.963. The number of benzene rings is 2. The number of methoxy groups -OCH3 is 2. The van der Waals surface area contributed by atoms with Crippen LogP contribution in [0.2, 0.25) is 0 Å². The minimum atomic E-state index is -0.963. The van der Waals surface area contributed by atoms with E-state index in [4.69, 9.17) is 4.74 Å². The molecule has 1 heterocycles. The van der Waals surface area contributed by atoms with E-state index in [1.54, 1.807) is 11.0 Å². The largest absolute Gasteiger partial charge is 0.453 e. The maximum atomic E-state index is 12.9. The van der Waals surface area contributed by atoms with Crippen LogP contribution in [0.25, 0.3) is 0 Å². The minimum absolute atomic E-state index is 0.0925. The average molecular weight is 623 g/mol. The van der Waals surface area contributed by atoms with E-state index in [1.165, 1.54) is 25.3 Å². The molecule has 0 bridgehead atoms. The van der Waals surface area contributed by atoms with Crippen LogP contribution in [-0.2, 0) is 14.2 Å². The van der Waals surface area contributed by atoms with Crippen molar-refractivity contribution in [3.63, 3.8) is 0 Å². The predicted molar refractivity (Wildman–Crippen MR) is 157 cm³/mol. The monoisotopic (exact) mass is 622 g/mol. The highest BCUT2D eigenvalue weighted by atomic mass is 19.1. The number of ether oxygens (including phenoxy) is 3. The molecule has 0 spiro atoms. The molecule has 1 fully saturated rings. The molecule has 1 aliphatic rings. The van der Waals surface area contributed by atoms with Gasteiger partial charge >= 0.3 is 24.0 Å². The molecule has 16 nitrogen and oxygen atoms in total. The number of nitrogens with zero attached hydrogens (tertiary/aromatic N) is 3. The van der Waals surface area contributed by atoms with Crippen molar-refractivity contribution in [2.75, 3.05) is 43.3 Å². The molecular weight excluding hydrogens is 587 g/mol. The molecule has 2 aromatic carbocycles. The lowest BCUT2D eigenvalue weighted by Gasteiger charge is -2.37. The third kappa shape index (κ3) is 10.9. The van der Waals surface area contributed by atoms with Gasteiger partial charge in [0.1, 0.15) is 11.3 Å². The molecule has 1 aliphatic heterocycles. The fourth-order valence-electron chi connectivity index (χ4n) is 3.98. The molecule has 0 radical (unpaired) electrons. The molecule has 17 heteroatoms. The smallest absolute Gasteiger partial charge is 0.411 e. The fourth-order valence-corrected chi connectivity index (χ4v) is 3.98. The van der Waals surface area contributed by atoms with Crippen molar-refractivity contribution in [1.82, 2.24) is 4.90 Å². The van der Waals surface area contributed by atoms with Crippen LogP contribution in [0.3, 0.4) is 0 Å². The summed E-state index contributed by atoms with van der Waals surface area (Å²) in [5, 5.41) is 29.5. The zero-order chi connectivity index (χ0) is 33.0. The maximum absolute atomic E-state index is 12.9. The normalized spacial score (nSPS) is 14.2. The summed E-state index contributed by atoms with van der Waals surface area (Å²) in [6.07, 6.45) is 0.767. The Morgan fingerprint density at radius 3 is 2.00 bits per heavy atom. The molecule has 0 aliphatic carbocycles. The summed E-state index contributed by atoms with van der Waals surface area (Å²) in [6.45, 7) is 6.38. The Hall–Kier alpha value is -5.22. The van der Waals surface area contributed by atoms with Crippen LogP contribution in [0.15, 0.2) is 36.4 Å². The van der Waals surface area contributed by atoms with Gasteiger partial charge in [0.05, 0.1) is 41.5 Å². The van der Waals surface area contributed by atoms with Gasteiger partial charge in [-0.05, 0) is 64.3 Å². The molecule has 2 aromatic rings. The van der Waals surface area contributed by atoms with Gasteiger partial charge in [-0.15, -0.1) is 0 Å². The van der Waals surface area contributed by atoms with E-state index in [0.717, 1.165) is 38.5 Å². The van der Waals surface area contributed by atoms with Gasteiger partial charge in [-0.3, -0.25) is 30.9 Å². The molecule has 0 aromatic heterocycles. The van der Waals surface area contributed by atoms with Crippen molar-refractivity contribution in [3.8, 4) is 0 Å². The number of halogens is 1. The van der Waals surface area contributed by atoms with Gasteiger partial charge in [-0.2, -0.15) is 4.39 Å². The minimum Gasteiger partial charge on any atom is -0.453 e. The number of likely N-dealkylation sites (tertiary alicyclic amines) is 1. The predicted octanol–water partition coefficient (Wildman–Crippen LogP) is 5.89. The molecule has 1 atom stereocenters. The van der Waals surface area contributed by atoms with Crippen LogP contribution < -0.4 is 16.0 Å². The molecular formula is C27H35FN6O10. The molecule has 1 unspecified atom stereocenters. The van der Waals surface area contributed by atoms with Gasteiger partial charge in [0.2, 0.25) is 5.82 Å². The van der Waals surface area contributed by atoms with E-state index < -0.39 is 39.1 Å². The van der Waals surface area contributed by atoms with Crippen LogP contribution >= 0.6 is 0 Å². The summed E-state index contributed by atoms with van der Waals surface area (Å²) in [7, 11) is 2.35. The molecule has 0 saturated carbocycles. The highest BCUT2D eigenvalue weighted by molar-refractivity contribution is 5.86. The Morgan fingerprint density at radius 2 is 1.48 bits per heavy atom. The molecule has 240 valence electrons. The van der Waals surface area contributed by atoms with Crippen molar-refractivity contribution >= 4 is 46.7 Å². The number of rotatable bonds is 7. The first-order valence-electron chi connectivity index (χ1n) is 13.3. The SMILES string of the molecule is COC(=O)Nc1ccc(F)c([N+](=O)[O-])c1.COC(=O)Nc1ccc(NCC2CCCCN2C(=O)OC(C)(C)C)c([N+](=O)[O-])c1. The van der Waals surface area contributed by atoms with Crippen LogP contribution in [0, 0.1) is 26.0 Å². The van der Waals surface area contributed by atoms with E-state index >= 15 is 0 Å². The maximum Gasteiger partial charge on any atom is 0.411 e. The molecule has 3 rings (SSSR count). The average Bonchev–Trinajstić information content (AvgIpc) is 2.96. The Kier molecular flexibility index (Phi) is 12.6. The molecule has 3 amide bonds. The number of anilines is 3. The molecule has 44 heavy (non-hydrogen) atoms. The number of carbonyl (C=O) groups is 3. The van der Waals surface area contributed by atoms with Crippen LogP contribution in [0.4, 0.5) is 47.2 Å². The van der Waals surface area contributed by atoms with Crippen LogP contribution in [0.1, 0.15) is 40.0 Å². The van der Waals surface area contributed by atoms with E-state index in [-0.39, 0.29) is 29.2 Å². The van der Waals surface area contributed by atoms with Crippen molar-refractivity contribution < 1.29 is 42.8 Å². The van der Waals surface area contributed by atoms with Gasteiger partial charge in [0.25, 0.3) is 5.69 Å². The number of nitro benzene ring substituents is 2. The lowest BCUT2D eigenvalue weighted by atomic mass is 10.0. The fraction of sp³-hybridized carbons (Fsp3) is 0.444. The highest BCUT2D eigenvalue weighted by Gasteiger charge is 2.31. The van der Waals surface area contributed by atoms with Crippen LogP contribution in [0.5, 0.6) is 0 Å². The topological polar surface area (TPSA) is 205 Å². The second-order valence-electron chi connectivity index (χ2n) is 10.3. The quantitative estimate of drug-likeness (QED) is 0.189. The summed E-state index contributed by atoms with van der Waals surface area (Å²) >= 11 is 0. The van der Waals surface area contributed by atoms with E-state index in [9.17, 15) is 39.0 Å². The number of hydrogen-bond donors (Lipinski definition) is 3. The number of hydrogen-bond acceptors (Lipinski definition) is 11. The van der Waals surface area contributed by atoms with Crippen molar-refractivity contribution in [2.45, 2.75) is 51.7 Å². The van der Waals surface area contributed by atoms with E-state index in [2.05, 4.69) is 25.4 Å². The first-order chi connectivity index (χ1) is 20.6. The molecule has 3 N–H and O–H groups in total. The number of carbonyl (C=O) groups excluding carboxylic acids is 3. The first-order valence-corrected chi connectivity index (χ1v) is 13.3. The Balaban J connectivity index is 0.000000378. The zero-order valence-electron chi connectivity index (χ0n) is 24.9. The van der Waals surface area contributed by atoms with Gasteiger partial charge in [-0.1, -0.05) is 0 Å². The van der Waals surface area contributed by atoms with E-state index in [0.29, 0.717) is 18.8 Å². The number of nitrogens with one attached hydrogen (secondary N) is 3. The molecule has 1 saturated heterocycles. The van der Waals surface area contributed by atoms with Crippen molar-refractivity contribution in [1.29, 1.82) is 0 Å².